The molecule has 1 saturated heterocycles. The van der Waals surface area contributed by atoms with Crippen molar-refractivity contribution in [2.24, 2.45) is 0 Å². The molecule has 6 nitrogen and oxygen atoms in total. The average Bonchev–Trinajstić information content (AvgIpc) is 3.26. The second-order valence-corrected chi connectivity index (χ2v) is 6.34. The van der Waals surface area contributed by atoms with Gasteiger partial charge in [-0.1, -0.05) is 6.07 Å². The first-order chi connectivity index (χ1) is 12.0. The van der Waals surface area contributed by atoms with Gasteiger partial charge in [-0.2, -0.15) is 0 Å². The van der Waals surface area contributed by atoms with E-state index >= 15 is 0 Å². The Morgan fingerprint density at radius 3 is 2.88 bits per heavy atom. The van der Waals surface area contributed by atoms with E-state index in [1.54, 1.807) is 35.2 Å². The monoisotopic (exact) mass is 342 g/mol. The smallest absolute Gasteiger partial charge is 0.251 e. The van der Waals surface area contributed by atoms with Crippen LogP contribution >= 0.6 is 0 Å². The van der Waals surface area contributed by atoms with Gasteiger partial charge in [-0.3, -0.25) is 9.59 Å². The molecular weight excluding hydrogens is 320 g/mol. The highest BCUT2D eigenvalue weighted by molar-refractivity contribution is 5.99. The van der Waals surface area contributed by atoms with Crippen LogP contribution in [0.2, 0.25) is 0 Å². The predicted molar refractivity (Wildman–Crippen MR) is 93.2 cm³/mol. The predicted octanol–water partition coefficient (Wildman–Crippen LogP) is 2.65. The Morgan fingerprint density at radius 2 is 2.20 bits per heavy atom. The van der Waals surface area contributed by atoms with E-state index in [0.29, 0.717) is 30.7 Å². The van der Waals surface area contributed by atoms with Crippen LogP contribution in [0.5, 0.6) is 0 Å². The van der Waals surface area contributed by atoms with Crippen LogP contribution in [0.25, 0.3) is 0 Å². The first-order valence-electron chi connectivity index (χ1n) is 8.47. The van der Waals surface area contributed by atoms with Crippen molar-refractivity contribution in [3.8, 4) is 0 Å². The second kappa shape index (κ2) is 7.53. The Kier molecular flexibility index (Phi) is 5.19. The third kappa shape index (κ3) is 4.09. The number of furan rings is 1. The van der Waals surface area contributed by atoms with Crippen molar-refractivity contribution in [3.05, 3.63) is 54.0 Å². The van der Waals surface area contributed by atoms with Crippen LogP contribution in [0.3, 0.4) is 0 Å². The van der Waals surface area contributed by atoms with Crippen molar-refractivity contribution >= 4 is 17.5 Å². The molecule has 132 valence electrons. The van der Waals surface area contributed by atoms with Gasteiger partial charge in [0.15, 0.2) is 0 Å². The van der Waals surface area contributed by atoms with Gasteiger partial charge in [0.05, 0.1) is 6.26 Å². The first kappa shape index (κ1) is 17.2. The molecule has 2 amide bonds. The maximum atomic E-state index is 12.5. The molecule has 0 saturated carbocycles. The molecule has 0 bridgehead atoms. The van der Waals surface area contributed by atoms with E-state index in [1.165, 1.54) is 6.26 Å². The topological polar surface area (TPSA) is 82.8 Å². The standard InChI is InChI=1S/C19H22N2O4/c1-13(11-16(22)17-7-4-10-25-17)20-19(24)14-5-2-6-15(12-14)21-9-3-8-18(21)23/h2,4-7,10,12-13,16,22H,3,8-9,11H2,1H3,(H,20,24). The van der Waals surface area contributed by atoms with Crippen molar-refractivity contribution in [1.82, 2.24) is 5.32 Å². The molecule has 0 radical (unpaired) electrons. The van der Waals surface area contributed by atoms with Gasteiger partial charge < -0.3 is 19.7 Å². The van der Waals surface area contributed by atoms with E-state index in [9.17, 15) is 14.7 Å². The minimum absolute atomic E-state index is 0.0903. The van der Waals surface area contributed by atoms with Crippen molar-refractivity contribution in [1.29, 1.82) is 0 Å². The Bertz CT molecular complexity index is 742. The Morgan fingerprint density at radius 1 is 1.36 bits per heavy atom. The number of nitrogens with one attached hydrogen (secondary N) is 1. The lowest BCUT2D eigenvalue weighted by molar-refractivity contribution is -0.117. The van der Waals surface area contributed by atoms with Crippen LogP contribution in [-0.4, -0.2) is 29.5 Å². The summed E-state index contributed by atoms with van der Waals surface area (Å²) in [7, 11) is 0. The second-order valence-electron chi connectivity index (χ2n) is 6.34. The van der Waals surface area contributed by atoms with E-state index in [1.807, 2.05) is 13.0 Å². The Balaban J connectivity index is 1.62. The number of hydrogen-bond acceptors (Lipinski definition) is 4. The molecule has 2 atom stereocenters. The number of nitrogens with zero attached hydrogens (tertiary/aromatic N) is 1. The van der Waals surface area contributed by atoms with E-state index in [-0.39, 0.29) is 17.9 Å². The summed E-state index contributed by atoms with van der Waals surface area (Å²) < 4.78 is 5.17. The largest absolute Gasteiger partial charge is 0.467 e. The number of amides is 2. The highest BCUT2D eigenvalue weighted by Gasteiger charge is 2.23. The van der Waals surface area contributed by atoms with Crippen LogP contribution < -0.4 is 10.2 Å². The van der Waals surface area contributed by atoms with Gasteiger partial charge in [0.25, 0.3) is 5.91 Å². The van der Waals surface area contributed by atoms with E-state index in [2.05, 4.69) is 5.32 Å². The molecular formula is C19H22N2O4. The Hall–Kier alpha value is -2.60. The summed E-state index contributed by atoms with van der Waals surface area (Å²) in [4.78, 5) is 26.0. The quantitative estimate of drug-likeness (QED) is 0.845. The van der Waals surface area contributed by atoms with Gasteiger partial charge in [0.1, 0.15) is 11.9 Å². The number of anilines is 1. The number of hydrogen-bond donors (Lipinski definition) is 2. The molecule has 3 rings (SSSR count). The highest BCUT2D eigenvalue weighted by atomic mass is 16.4. The van der Waals surface area contributed by atoms with E-state index in [4.69, 9.17) is 4.42 Å². The maximum absolute atomic E-state index is 12.5. The van der Waals surface area contributed by atoms with Crippen molar-refractivity contribution in [2.75, 3.05) is 11.4 Å². The number of benzene rings is 1. The zero-order valence-corrected chi connectivity index (χ0v) is 14.1. The lowest BCUT2D eigenvalue weighted by Crippen LogP contribution is -2.34. The molecule has 1 aliphatic heterocycles. The summed E-state index contributed by atoms with van der Waals surface area (Å²) in [6.45, 7) is 2.52. The van der Waals surface area contributed by atoms with Crippen LogP contribution in [0.15, 0.2) is 47.1 Å². The van der Waals surface area contributed by atoms with Crippen LogP contribution in [0.4, 0.5) is 5.69 Å². The molecule has 2 heterocycles. The van der Waals surface area contributed by atoms with Gasteiger partial charge in [-0.15, -0.1) is 0 Å². The minimum atomic E-state index is -0.765. The summed E-state index contributed by atoms with van der Waals surface area (Å²) in [6, 6.07) is 10.2. The normalized spacial score (nSPS) is 16.7. The highest BCUT2D eigenvalue weighted by Crippen LogP contribution is 2.23. The summed E-state index contributed by atoms with van der Waals surface area (Å²) in [5.41, 5.74) is 1.25. The summed E-state index contributed by atoms with van der Waals surface area (Å²) in [5, 5.41) is 13.0. The SMILES string of the molecule is CC(CC(O)c1ccco1)NC(=O)c1cccc(N2CCCC2=O)c1. The van der Waals surface area contributed by atoms with Gasteiger partial charge >= 0.3 is 0 Å². The number of aliphatic hydroxyl groups excluding tert-OH is 1. The molecule has 6 heteroatoms. The fourth-order valence-electron chi connectivity index (χ4n) is 3.03. The zero-order valence-electron chi connectivity index (χ0n) is 14.1. The lowest BCUT2D eigenvalue weighted by Gasteiger charge is -2.19. The molecule has 0 aliphatic carbocycles. The lowest BCUT2D eigenvalue weighted by atomic mass is 10.1. The maximum Gasteiger partial charge on any atom is 0.251 e. The van der Waals surface area contributed by atoms with Crippen molar-refractivity contribution in [3.63, 3.8) is 0 Å². The van der Waals surface area contributed by atoms with E-state index in [0.717, 1.165) is 12.1 Å². The van der Waals surface area contributed by atoms with Crippen LogP contribution in [0.1, 0.15) is 48.4 Å². The van der Waals surface area contributed by atoms with E-state index < -0.39 is 6.10 Å². The molecule has 2 aromatic rings. The van der Waals surface area contributed by atoms with Gasteiger partial charge in [-0.05, 0) is 43.7 Å². The zero-order chi connectivity index (χ0) is 17.8. The fourth-order valence-corrected chi connectivity index (χ4v) is 3.03. The molecule has 1 aromatic carbocycles. The van der Waals surface area contributed by atoms with Crippen molar-refractivity contribution < 1.29 is 19.1 Å². The molecule has 2 N–H and O–H groups in total. The Labute approximate surface area is 146 Å². The summed E-state index contributed by atoms with van der Waals surface area (Å²) in [5.74, 6) is 0.343. The number of aliphatic hydroxyl groups is 1. The van der Waals surface area contributed by atoms with Gasteiger partial charge in [-0.25, -0.2) is 0 Å². The third-order valence-corrected chi connectivity index (χ3v) is 4.32. The number of carbonyl (C=O) groups excluding carboxylic acids is 2. The molecule has 1 aromatic heterocycles. The van der Waals surface area contributed by atoms with Crippen LogP contribution in [-0.2, 0) is 4.79 Å². The van der Waals surface area contributed by atoms with Gasteiger partial charge in [0, 0.05) is 36.7 Å². The number of rotatable bonds is 6. The summed E-state index contributed by atoms with van der Waals surface area (Å²) in [6.07, 6.45) is 2.49. The fraction of sp³-hybridized carbons (Fsp3) is 0.368. The van der Waals surface area contributed by atoms with Gasteiger partial charge in [0.2, 0.25) is 5.91 Å². The molecule has 1 fully saturated rings. The molecule has 2 unspecified atom stereocenters. The molecule has 0 spiro atoms. The molecule has 1 aliphatic rings. The first-order valence-corrected chi connectivity index (χ1v) is 8.47. The molecule has 25 heavy (non-hydrogen) atoms. The summed E-state index contributed by atoms with van der Waals surface area (Å²) >= 11 is 0. The van der Waals surface area contributed by atoms with Crippen molar-refractivity contribution in [2.45, 2.75) is 38.3 Å². The number of carbonyl (C=O) groups is 2. The average molecular weight is 342 g/mol. The van der Waals surface area contributed by atoms with Crippen LogP contribution in [0, 0.1) is 0 Å². The third-order valence-electron chi connectivity index (χ3n) is 4.32. The minimum Gasteiger partial charge on any atom is -0.467 e.